The van der Waals surface area contributed by atoms with Gasteiger partial charge < -0.3 is 20.7 Å². The van der Waals surface area contributed by atoms with E-state index in [-0.39, 0.29) is 17.3 Å². The number of carbonyl (C=O) groups is 3. The Labute approximate surface area is 319 Å². The maximum Gasteiger partial charge on any atom is 0.272 e. The fourth-order valence-electron chi connectivity index (χ4n) is 5.06. The van der Waals surface area contributed by atoms with E-state index in [1.54, 1.807) is 103 Å². The monoisotopic (exact) mass is 755 g/mol. The topological polar surface area (TPSA) is 153 Å². The Morgan fingerprint density at radius 1 is 0.870 bits per heavy atom. The minimum absolute atomic E-state index is 0.0283. The van der Waals surface area contributed by atoms with E-state index in [9.17, 15) is 24.5 Å². The molecule has 0 spiro atoms. The highest BCUT2D eigenvalue weighted by molar-refractivity contribution is 8.00. The highest BCUT2D eigenvalue weighted by Crippen LogP contribution is 2.30. The molecule has 0 aliphatic rings. The van der Waals surface area contributed by atoms with Gasteiger partial charge in [-0.25, -0.2) is 4.98 Å². The summed E-state index contributed by atoms with van der Waals surface area (Å²) >= 11 is 2.50. The number of rotatable bonds is 14. The van der Waals surface area contributed by atoms with Crippen LogP contribution in [0, 0.1) is 10.1 Å². The number of nitro groups is 1. The molecule has 6 aromatic rings. The summed E-state index contributed by atoms with van der Waals surface area (Å²) in [5.41, 5.74) is 3.63. The third-order valence-electron chi connectivity index (χ3n) is 7.83. The zero-order valence-corrected chi connectivity index (χ0v) is 30.4. The van der Waals surface area contributed by atoms with E-state index in [0.29, 0.717) is 45.6 Å². The minimum Gasteiger partial charge on any atom is -0.489 e. The molecule has 6 rings (SSSR count). The summed E-state index contributed by atoms with van der Waals surface area (Å²) in [6.07, 6.45) is 1.59. The molecular formula is C41H33N5O6S2. The van der Waals surface area contributed by atoms with Crippen LogP contribution in [-0.4, -0.2) is 32.9 Å². The second-order valence-corrected chi connectivity index (χ2v) is 14.1. The molecule has 1 heterocycles. The van der Waals surface area contributed by atoms with Crippen molar-refractivity contribution in [1.82, 2.24) is 10.3 Å². The average Bonchev–Trinajstić information content (AvgIpc) is 3.66. The van der Waals surface area contributed by atoms with Crippen molar-refractivity contribution in [3.05, 3.63) is 171 Å². The summed E-state index contributed by atoms with van der Waals surface area (Å²) < 4.78 is 5.89. The lowest BCUT2D eigenvalue weighted by atomic mass is 10.1. The van der Waals surface area contributed by atoms with Crippen molar-refractivity contribution < 1.29 is 24.0 Å². The second-order valence-electron chi connectivity index (χ2n) is 11.8. The van der Waals surface area contributed by atoms with Crippen molar-refractivity contribution in [3.63, 3.8) is 0 Å². The largest absolute Gasteiger partial charge is 0.489 e. The highest BCUT2D eigenvalue weighted by Gasteiger charge is 2.19. The molecule has 11 nitrogen and oxygen atoms in total. The Bertz CT molecular complexity index is 2300. The van der Waals surface area contributed by atoms with E-state index in [4.69, 9.17) is 4.74 Å². The van der Waals surface area contributed by atoms with E-state index < -0.39 is 22.0 Å². The SMILES string of the molecule is CC(Sc1cccc(NC(=O)/C(=C/c2ccc(OCc3ccccc3)cc2)NC(=O)c2ccccc2)c1)C(=O)Nc1nc(-c2cccc([N+](=O)[O-])c2)cs1. The fraction of sp³-hybridized carbons (Fsp3) is 0.0732. The van der Waals surface area contributed by atoms with Gasteiger partial charge in [0.25, 0.3) is 17.5 Å². The quantitative estimate of drug-likeness (QED) is 0.0432. The Morgan fingerprint density at radius 2 is 1.59 bits per heavy atom. The van der Waals surface area contributed by atoms with Crippen LogP contribution >= 0.6 is 23.1 Å². The Hall–Kier alpha value is -6.57. The van der Waals surface area contributed by atoms with Gasteiger partial charge in [-0.1, -0.05) is 78.9 Å². The molecule has 0 fully saturated rings. The van der Waals surface area contributed by atoms with E-state index in [0.717, 1.165) is 10.5 Å². The number of nitrogens with one attached hydrogen (secondary N) is 3. The normalized spacial score (nSPS) is 11.6. The van der Waals surface area contributed by atoms with Crippen molar-refractivity contribution >= 4 is 63.4 Å². The maximum absolute atomic E-state index is 13.7. The first-order valence-corrected chi connectivity index (χ1v) is 18.4. The summed E-state index contributed by atoms with van der Waals surface area (Å²) in [7, 11) is 0. The van der Waals surface area contributed by atoms with Crippen LogP contribution in [-0.2, 0) is 16.2 Å². The van der Waals surface area contributed by atoms with Crippen LogP contribution in [0.15, 0.2) is 149 Å². The van der Waals surface area contributed by atoms with Gasteiger partial charge in [-0.05, 0) is 66.6 Å². The maximum atomic E-state index is 13.7. The van der Waals surface area contributed by atoms with E-state index in [1.165, 1.54) is 35.2 Å². The molecule has 1 aromatic heterocycles. The number of thiazole rings is 1. The lowest BCUT2D eigenvalue weighted by Gasteiger charge is -2.14. The van der Waals surface area contributed by atoms with Gasteiger partial charge in [-0.2, -0.15) is 0 Å². The van der Waals surface area contributed by atoms with Crippen molar-refractivity contribution in [1.29, 1.82) is 0 Å². The third kappa shape index (κ3) is 10.3. The van der Waals surface area contributed by atoms with Gasteiger partial charge in [0.05, 0.1) is 15.9 Å². The molecule has 0 saturated heterocycles. The molecule has 3 N–H and O–H groups in total. The first kappa shape index (κ1) is 37.2. The molecule has 54 heavy (non-hydrogen) atoms. The molecule has 13 heteroatoms. The Kier molecular flexibility index (Phi) is 12.2. The number of ether oxygens (including phenoxy) is 1. The number of nitrogens with zero attached hydrogens (tertiary/aromatic N) is 2. The minimum atomic E-state index is -0.542. The zero-order valence-electron chi connectivity index (χ0n) is 28.8. The van der Waals surface area contributed by atoms with Gasteiger partial charge >= 0.3 is 0 Å². The van der Waals surface area contributed by atoms with Crippen LogP contribution in [0.25, 0.3) is 17.3 Å². The van der Waals surface area contributed by atoms with Crippen molar-refractivity contribution in [2.45, 2.75) is 23.7 Å². The molecule has 0 aliphatic carbocycles. The summed E-state index contributed by atoms with van der Waals surface area (Å²) in [5.74, 6) is -0.620. The van der Waals surface area contributed by atoms with Gasteiger partial charge in [0.1, 0.15) is 18.1 Å². The van der Waals surface area contributed by atoms with Crippen LogP contribution < -0.4 is 20.7 Å². The van der Waals surface area contributed by atoms with E-state index >= 15 is 0 Å². The molecule has 0 radical (unpaired) electrons. The third-order valence-corrected chi connectivity index (χ3v) is 9.68. The van der Waals surface area contributed by atoms with Crippen molar-refractivity contribution in [2.24, 2.45) is 0 Å². The number of hydrogen-bond donors (Lipinski definition) is 3. The summed E-state index contributed by atoms with van der Waals surface area (Å²) in [6.45, 7) is 2.16. The van der Waals surface area contributed by atoms with Gasteiger partial charge in [-0.3, -0.25) is 24.5 Å². The molecule has 1 atom stereocenters. The van der Waals surface area contributed by atoms with E-state index in [1.807, 2.05) is 36.4 Å². The van der Waals surface area contributed by atoms with Crippen LogP contribution in [0.1, 0.15) is 28.4 Å². The average molecular weight is 756 g/mol. The summed E-state index contributed by atoms with van der Waals surface area (Å²) in [6, 6.07) is 38.8. The Morgan fingerprint density at radius 3 is 2.33 bits per heavy atom. The lowest BCUT2D eigenvalue weighted by Crippen LogP contribution is -2.30. The number of aromatic nitrogens is 1. The molecule has 0 aliphatic heterocycles. The number of anilines is 2. The van der Waals surface area contributed by atoms with Crippen molar-refractivity contribution in [2.75, 3.05) is 10.6 Å². The van der Waals surface area contributed by atoms with Crippen LogP contribution in [0.5, 0.6) is 5.75 Å². The second kappa shape index (κ2) is 17.8. The number of non-ortho nitro benzene ring substituents is 1. The van der Waals surface area contributed by atoms with Gasteiger partial charge in [0.2, 0.25) is 5.91 Å². The van der Waals surface area contributed by atoms with Gasteiger partial charge in [0, 0.05) is 39.2 Å². The summed E-state index contributed by atoms with van der Waals surface area (Å²) in [4.78, 5) is 55.8. The van der Waals surface area contributed by atoms with Crippen molar-refractivity contribution in [3.8, 4) is 17.0 Å². The molecule has 0 bridgehead atoms. The predicted octanol–water partition coefficient (Wildman–Crippen LogP) is 8.83. The van der Waals surface area contributed by atoms with E-state index in [2.05, 4.69) is 20.9 Å². The lowest BCUT2D eigenvalue weighted by molar-refractivity contribution is -0.384. The molecular weight excluding hydrogens is 723 g/mol. The fourth-order valence-corrected chi connectivity index (χ4v) is 6.71. The highest BCUT2D eigenvalue weighted by atomic mass is 32.2. The van der Waals surface area contributed by atoms with Crippen LogP contribution in [0.4, 0.5) is 16.5 Å². The molecule has 3 amide bonds. The van der Waals surface area contributed by atoms with Gasteiger partial charge in [-0.15, -0.1) is 23.1 Å². The van der Waals surface area contributed by atoms with Crippen LogP contribution in [0.3, 0.4) is 0 Å². The standard InChI is InChI=1S/C41H33N5O6S2/c1-27(38(47)45-41-44-37(26-53-41)31-14-8-16-33(23-31)46(50)51)54-35-17-9-15-32(24-35)42-40(49)36(43-39(48)30-12-6-3-7-13-30)22-28-18-20-34(21-19-28)52-25-29-10-4-2-5-11-29/h2-24,26-27H,25H2,1H3,(H,42,49)(H,43,48)(H,44,45,47)/b36-22-. The number of hydrogen-bond acceptors (Lipinski definition) is 9. The number of thioether (sulfide) groups is 1. The van der Waals surface area contributed by atoms with Crippen LogP contribution in [0.2, 0.25) is 0 Å². The number of nitro benzene ring substituents is 1. The number of carbonyl (C=O) groups excluding carboxylic acids is 3. The molecule has 0 saturated carbocycles. The van der Waals surface area contributed by atoms with Gasteiger partial charge in [0.15, 0.2) is 5.13 Å². The molecule has 1 unspecified atom stereocenters. The smallest absolute Gasteiger partial charge is 0.272 e. The first-order valence-electron chi connectivity index (χ1n) is 16.6. The summed E-state index contributed by atoms with van der Waals surface area (Å²) in [5, 5.41) is 21.1. The predicted molar refractivity (Wildman–Crippen MR) is 212 cm³/mol. The zero-order chi connectivity index (χ0) is 37.9. The molecule has 5 aromatic carbocycles. The number of benzene rings is 5. The first-order chi connectivity index (χ1) is 26.2. The Balaban J connectivity index is 1.11. The molecule has 270 valence electrons. The number of amides is 3.